The van der Waals surface area contributed by atoms with Crippen LogP contribution in [0.15, 0.2) is 0 Å². The fourth-order valence-corrected chi connectivity index (χ4v) is 2.54. The van der Waals surface area contributed by atoms with E-state index < -0.39 is 0 Å². The van der Waals surface area contributed by atoms with Gasteiger partial charge < -0.3 is 0 Å². The molecule has 0 aliphatic carbocycles. The minimum absolute atomic E-state index is 0.320. The van der Waals surface area contributed by atoms with Crippen molar-refractivity contribution in [1.82, 2.24) is 0 Å². The molecular formula is C16H34B. The van der Waals surface area contributed by atoms with Crippen LogP contribution in [0.3, 0.4) is 0 Å². The van der Waals surface area contributed by atoms with Crippen molar-refractivity contribution < 1.29 is 0 Å². The first-order valence-corrected chi connectivity index (χ1v) is 7.49. The SMILES string of the molecule is C[B]C(C)(C)C(C)(C)C(C)CCC(C)CCC. The van der Waals surface area contributed by atoms with Crippen LogP contribution < -0.4 is 0 Å². The molecule has 0 aromatic rings. The van der Waals surface area contributed by atoms with Crippen molar-refractivity contribution >= 4 is 7.28 Å². The highest BCUT2D eigenvalue weighted by atomic mass is 14.4. The average molecular weight is 237 g/mol. The fourth-order valence-electron chi connectivity index (χ4n) is 2.54. The van der Waals surface area contributed by atoms with Gasteiger partial charge in [-0.2, -0.15) is 0 Å². The zero-order chi connectivity index (χ0) is 13.7. The average Bonchev–Trinajstić information content (AvgIpc) is 2.25. The van der Waals surface area contributed by atoms with E-state index in [1.54, 1.807) is 0 Å². The predicted octanol–water partition coefficient (Wildman–Crippen LogP) is 5.82. The van der Waals surface area contributed by atoms with E-state index in [1.807, 2.05) is 0 Å². The van der Waals surface area contributed by atoms with Gasteiger partial charge in [0.25, 0.3) is 0 Å². The van der Waals surface area contributed by atoms with Gasteiger partial charge in [-0.25, -0.2) is 0 Å². The molecule has 1 radical (unpaired) electrons. The Morgan fingerprint density at radius 1 is 0.941 bits per heavy atom. The molecule has 0 N–H and O–H groups in total. The molecule has 0 fully saturated rings. The standard InChI is InChI=1S/C16H34B/c1-9-10-13(2)11-12-14(3)15(4,5)16(6,7)17-8/h13-14H,9-12H2,1-8H3. The van der Waals surface area contributed by atoms with Crippen molar-refractivity contribution in [3.63, 3.8) is 0 Å². The lowest BCUT2D eigenvalue weighted by Crippen LogP contribution is -2.36. The van der Waals surface area contributed by atoms with Gasteiger partial charge in [0.1, 0.15) is 7.28 Å². The lowest BCUT2D eigenvalue weighted by atomic mass is 9.43. The molecule has 101 valence electrons. The lowest BCUT2D eigenvalue weighted by molar-refractivity contribution is 0.146. The van der Waals surface area contributed by atoms with E-state index in [4.69, 9.17) is 0 Å². The summed E-state index contributed by atoms with van der Waals surface area (Å²) in [5.41, 5.74) is 0.383. The summed E-state index contributed by atoms with van der Waals surface area (Å²) in [7, 11) is 2.37. The molecule has 0 bridgehead atoms. The van der Waals surface area contributed by atoms with Gasteiger partial charge >= 0.3 is 0 Å². The highest BCUT2D eigenvalue weighted by Crippen LogP contribution is 2.50. The first kappa shape index (κ1) is 17.1. The highest BCUT2D eigenvalue weighted by molar-refractivity contribution is 6.38. The van der Waals surface area contributed by atoms with Crippen LogP contribution in [0.4, 0.5) is 0 Å². The second kappa shape index (κ2) is 6.85. The molecule has 17 heavy (non-hydrogen) atoms. The Balaban J connectivity index is 4.34. The third-order valence-electron chi connectivity index (χ3n) is 5.49. The Morgan fingerprint density at radius 2 is 1.47 bits per heavy atom. The van der Waals surface area contributed by atoms with E-state index in [9.17, 15) is 0 Å². The lowest BCUT2D eigenvalue weighted by Gasteiger charge is -2.46. The normalized spacial score (nSPS) is 16.7. The Labute approximate surface area is 111 Å². The maximum atomic E-state index is 2.43. The van der Waals surface area contributed by atoms with Gasteiger partial charge in [0.05, 0.1) is 0 Å². The van der Waals surface area contributed by atoms with Crippen LogP contribution in [-0.4, -0.2) is 7.28 Å². The van der Waals surface area contributed by atoms with Crippen LogP contribution in [0.1, 0.15) is 74.1 Å². The van der Waals surface area contributed by atoms with E-state index in [2.05, 4.69) is 62.6 Å². The van der Waals surface area contributed by atoms with Crippen LogP contribution in [0, 0.1) is 17.3 Å². The summed E-state index contributed by atoms with van der Waals surface area (Å²) in [4.78, 5) is 0. The summed E-state index contributed by atoms with van der Waals surface area (Å²) >= 11 is 0. The molecule has 0 aromatic carbocycles. The number of hydrogen-bond acceptors (Lipinski definition) is 0. The van der Waals surface area contributed by atoms with Crippen molar-refractivity contribution in [2.75, 3.05) is 0 Å². The molecule has 2 unspecified atom stereocenters. The summed E-state index contributed by atoms with van der Waals surface area (Å²) in [6, 6.07) is 0. The molecule has 0 saturated heterocycles. The Kier molecular flexibility index (Phi) is 6.88. The molecule has 0 amide bonds. The maximum Gasteiger partial charge on any atom is 0.114 e. The quantitative estimate of drug-likeness (QED) is 0.467. The molecule has 0 saturated carbocycles. The predicted molar refractivity (Wildman–Crippen MR) is 81.9 cm³/mol. The van der Waals surface area contributed by atoms with E-state index in [0.29, 0.717) is 10.7 Å². The summed E-state index contributed by atoms with van der Waals surface area (Å²) in [5.74, 6) is 1.68. The Morgan fingerprint density at radius 3 is 1.88 bits per heavy atom. The van der Waals surface area contributed by atoms with Crippen molar-refractivity contribution in [2.45, 2.75) is 86.3 Å². The van der Waals surface area contributed by atoms with Crippen molar-refractivity contribution in [3.05, 3.63) is 0 Å². The van der Waals surface area contributed by atoms with Crippen molar-refractivity contribution in [3.8, 4) is 0 Å². The van der Waals surface area contributed by atoms with Gasteiger partial charge in [-0.1, -0.05) is 79.9 Å². The number of hydrogen-bond donors (Lipinski definition) is 0. The smallest absolute Gasteiger partial charge is 0.0914 e. The Bertz CT molecular complexity index is 206. The fraction of sp³-hybridized carbons (Fsp3) is 1.00. The maximum absolute atomic E-state index is 2.43. The second-order valence-corrected chi connectivity index (χ2v) is 7.10. The molecule has 2 atom stereocenters. The summed E-state index contributed by atoms with van der Waals surface area (Å²) < 4.78 is 0. The van der Waals surface area contributed by atoms with Gasteiger partial charge in [-0.05, 0) is 23.7 Å². The van der Waals surface area contributed by atoms with Crippen molar-refractivity contribution in [1.29, 1.82) is 0 Å². The zero-order valence-electron chi connectivity index (χ0n) is 13.6. The van der Waals surface area contributed by atoms with Crippen LogP contribution in [0.5, 0.6) is 0 Å². The topological polar surface area (TPSA) is 0 Å². The monoisotopic (exact) mass is 237 g/mol. The third-order valence-corrected chi connectivity index (χ3v) is 5.49. The minimum atomic E-state index is 0.320. The second-order valence-electron chi connectivity index (χ2n) is 7.10. The molecule has 0 heterocycles. The van der Waals surface area contributed by atoms with E-state index in [-0.39, 0.29) is 0 Å². The van der Waals surface area contributed by atoms with Gasteiger partial charge in [0, 0.05) is 0 Å². The van der Waals surface area contributed by atoms with Crippen LogP contribution in [0.25, 0.3) is 0 Å². The molecule has 0 aliphatic rings. The molecule has 1 heteroatoms. The highest BCUT2D eigenvalue weighted by Gasteiger charge is 2.39. The molecule has 0 aliphatic heterocycles. The first-order chi connectivity index (χ1) is 7.69. The molecule has 0 spiro atoms. The van der Waals surface area contributed by atoms with E-state index in [0.717, 1.165) is 11.8 Å². The minimum Gasteiger partial charge on any atom is -0.0914 e. The van der Waals surface area contributed by atoms with Crippen LogP contribution >= 0.6 is 0 Å². The van der Waals surface area contributed by atoms with Crippen LogP contribution in [-0.2, 0) is 0 Å². The third kappa shape index (κ3) is 4.68. The van der Waals surface area contributed by atoms with Gasteiger partial charge in [0.2, 0.25) is 0 Å². The molecule has 0 rings (SSSR count). The van der Waals surface area contributed by atoms with Crippen LogP contribution in [0.2, 0.25) is 12.1 Å². The van der Waals surface area contributed by atoms with E-state index >= 15 is 0 Å². The summed E-state index contributed by atoms with van der Waals surface area (Å²) in [6.45, 7) is 18.9. The number of rotatable bonds is 8. The molecule has 0 aromatic heterocycles. The van der Waals surface area contributed by atoms with E-state index in [1.165, 1.54) is 25.7 Å². The zero-order valence-corrected chi connectivity index (χ0v) is 13.6. The summed E-state index contributed by atoms with van der Waals surface area (Å²) in [5, 5.41) is 0.320. The summed E-state index contributed by atoms with van der Waals surface area (Å²) in [6.07, 6.45) is 5.47. The largest absolute Gasteiger partial charge is 0.114 e. The molecule has 0 nitrogen and oxygen atoms in total. The van der Waals surface area contributed by atoms with Gasteiger partial charge in [-0.15, -0.1) is 0 Å². The first-order valence-electron chi connectivity index (χ1n) is 7.49. The van der Waals surface area contributed by atoms with Gasteiger partial charge in [0.15, 0.2) is 0 Å². The van der Waals surface area contributed by atoms with Crippen molar-refractivity contribution in [2.24, 2.45) is 17.3 Å². The Hall–Kier alpha value is 0.0649. The molecular weight excluding hydrogens is 203 g/mol. The van der Waals surface area contributed by atoms with Gasteiger partial charge in [-0.3, -0.25) is 0 Å².